The van der Waals surface area contributed by atoms with E-state index in [1.807, 2.05) is 18.7 Å². The number of hydrogen-bond donors (Lipinski definition) is 1. The predicted molar refractivity (Wildman–Crippen MR) is 62.8 cm³/mol. The number of nitrogens with one attached hydrogen (secondary N) is 1. The molecule has 1 aromatic heterocycles. The molecule has 1 N–H and O–H groups in total. The van der Waals surface area contributed by atoms with Crippen molar-refractivity contribution >= 4 is 0 Å². The second-order valence-corrected chi connectivity index (χ2v) is 4.46. The van der Waals surface area contributed by atoms with Crippen LogP contribution in [0, 0.1) is 6.92 Å². The Balaban J connectivity index is 2.40. The molecule has 0 fully saturated rings. The molecular formula is C11H22N4. The molecule has 0 aliphatic carbocycles. The summed E-state index contributed by atoms with van der Waals surface area (Å²) in [5.74, 6) is 0. The van der Waals surface area contributed by atoms with Crippen molar-refractivity contribution in [3.8, 4) is 0 Å². The van der Waals surface area contributed by atoms with Crippen molar-refractivity contribution in [1.82, 2.24) is 20.0 Å². The van der Waals surface area contributed by atoms with Gasteiger partial charge in [0.2, 0.25) is 0 Å². The van der Waals surface area contributed by atoms with Crippen molar-refractivity contribution in [2.75, 3.05) is 20.6 Å². The normalized spacial score (nSPS) is 13.5. The first-order chi connectivity index (χ1) is 6.99. The monoisotopic (exact) mass is 210 g/mol. The van der Waals surface area contributed by atoms with Crippen molar-refractivity contribution in [3.63, 3.8) is 0 Å². The Morgan fingerprint density at radius 3 is 2.67 bits per heavy atom. The molecular weight excluding hydrogens is 188 g/mol. The fraction of sp³-hybridized carbons (Fsp3) is 0.727. The average Bonchev–Trinajstić information content (AvgIpc) is 2.40. The number of aryl methyl sites for hydroxylation is 2. The summed E-state index contributed by atoms with van der Waals surface area (Å²) in [5, 5.41) is 7.81. The largest absolute Gasteiger partial charge is 0.309 e. The van der Waals surface area contributed by atoms with Gasteiger partial charge in [0, 0.05) is 37.9 Å². The second-order valence-electron chi connectivity index (χ2n) is 4.46. The molecule has 0 amide bonds. The average molecular weight is 210 g/mol. The molecule has 0 saturated carbocycles. The summed E-state index contributed by atoms with van der Waals surface area (Å²) in [6, 6.07) is 0.500. The van der Waals surface area contributed by atoms with Gasteiger partial charge in [-0.1, -0.05) is 0 Å². The molecule has 0 saturated heterocycles. The standard InChI is InChI=1S/C11H22N4/c1-9(7-14(3)4)12-6-11-8-15(5)13-10(11)2/h8-9,12H,6-7H2,1-5H3. The van der Waals surface area contributed by atoms with Gasteiger partial charge in [-0.15, -0.1) is 0 Å². The second kappa shape index (κ2) is 5.28. The van der Waals surface area contributed by atoms with Gasteiger partial charge in [-0.25, -0.2) is 0 Å². The lowest BCUT2D eigenvalue weighted by Crippen LogP contribution is -2.35. The van der Waals surface area contributed by atoms with Gasteiger partial charge in [0.15, 0.2) is 0 Å². The number of rotatable bonds is 5. The highest BCUT2D eigenvalue weighted by Gasteiger charge is 2.06. The molecule has 86 valence electrons. The van der Waals surface area contributed by atoms with E-state index in [-0.39, 0.29) is 0 Å². The Bertz CT molecular complexity index is 304. The minimum atomic E-state index is 0.500. The topological polar surface area (TPSA) is 33.1 Å². The summed E-state index contributed by atoms with van der Waals surface area (Å²) in [6.07, 6.45) is 2.07. The molecule has 0 radical (unpaired) electrons. The molecule has 0 bridgehead atoms. The molecule has 1 atom stereocenters. The smallest absolute Gasteiger partial charge is 0.0638 e. The van der Waals surface area contributed by atoms with Crippen LogP contribution in [0.5, 0.6) is 0 Å². The fourth-order valence-electron chi connectivity index (χ4n) is 1.72. The van der Waals surface area contributed by atoms with Crippen LogP contribution in [0.15, 0.2) is 6.20 Å². The molecule has 1 aromatic rings. The highest BCUT2D eigenvalue weighted by Crippen LogP contribution is 2.04. The van der Waals surface area contributed by atoms with Gasteiger partial charge in [-0.3, -0.25) is 4.68 Å². The highest BCUT2D eigenvalue weighted by molar-refractivity contribution is 5.14. The van der Waals surface area contributed by atoms with Crippen molar-refractivity contribution in [3.05, 3.63) is 17.5 Å². The van der Waals surface area contributed by atoms with Crippen LogP contribution in [-0.4, -0.2) is 41.4 Å². The van der Waals surface area contributed by atoms with Crippen LogP contribution in [0.2, 0.25) is 0 Å². The number of aromatic nitrogens is 2. The third kappa shape index (κ3) is 4.01. The first-order valence-electron chi connectivity index (χ1n) is 5.36. The third-order valence-corrected chi connectivity index (χ3v) is 2.40. The van der Waals surface area contributed by atoms with Crippen LogP contribution in [0.25, 0.3) is 0 Å². The van der Waals surface area contributed by atoms with E-state index >= 15 is 0 Å². The van der Waals surface area contributed by atoms with E-state index < -0.39 is 0 Å². The van der Waals surface area contributed by atoms with Gasteiger partial charge in [0.05, 0.1) is 5.69 Å². The third-order valence-electron chi connectivity index (χ3n) is 2.40. The number of hydrogen-bond acceptors (Lipinski definition) is 3. The Kier molecular flexibility index (Phi) is 4.29. The maximum absolute atomic E-state index is 4.32. The SMILES string of the molecule is Cc1nn(C)cc1CNC(C)CN(C)C. The molecule has 0 aliphatic rings. The van der Waals surface area contributed by atoms with Crippen LogP contribution >= 0.6 is 0 Å². The van der Waals surface area contributed by atoms with Crippen LogP contribution < -0.4 is 5.32 Å². The quantitative estimate of drug-likeness (QED) is 0.779. The van der Waals surface area contributed by atoms with Crippen LogP contribution in [0.4, 0.5) is 0 Å². The van der Waals surface area contributed by atoms with E-state index in [9.17, 15) is 0 Å². The summed E-state index contributed by atoms with van der Waals surface area (Å²) in [4.78, 5) is 2.19. The maximum atomic E-state index is 4.32. The Labute approximate surface area is 92.3 Å². The summed E-state index contributed by atoms with van der Waals surface area (Å²) in [6.45, 7) is 6.20. The molecule has 0 aliphatic heterocycles. The molecule has 0 aromatic carbocycles. The van der Waals surface area contributed by atoms with E-state index in [0.717, 1.165) is 18.8 Å². The molecule has 15 heavy (non-hydrogen) atoms. The van der Waals surface area contributed by atoms with Crippen LogP contribution in [-0.2, 0) is 13.6 Å². The predicted octanol–water partition coefficient (Wildman–Crippen LogP) is 0.768. The van der Waals surface area contributed by atoms with Gasteiger partial charge in [0.1, 0.15) is 0 Å². The van der Waals surface area contributed by atoms with Crippen LogP contribution in [0.1, 0.15) is 18.2 Å². The molecule has 1 unspecified atom stereocenters. The van der Waals surface area contributed by atoms with Crippen molar-refractivity contribution in [1.29, 1.82) is 0 Å². The lowest BCUT2D eigenvalue weighted by Gasteiger charge is -2.17. The first kappa shape index (κ1) is 12.2. The molecule has 0 spiro atoms. The lowest BCUT2D eigenvalue weighted by molar-refractivity contribution is 0.349. The van der Waals surface area contributed by atoms with Crippen molar-refractivity contribution in [2.24, 2.45) is 7.05 Å². The molecule has 4 heteroatoms. The van der Waals surface area contributed by atoms with Crippen LogP contribution in [0.3, 0.4) is 0 Å². The molecule has 1 heterocycles. The number of likely N-dealkylation sites (N-methyl/N-ethyl adjacent to an activating group) is 1. The van der Waals surface area contributed by atoms with Gasteiger partial charge in [0.25, 0.3) is 0 Å². The van der Waals surface area contributed by atoms with Gasteiger partial charge >= 0.3 is 0 Å². The van der Waals surface area contributed by atoms with E-state index in [1.54, 1.807) is 0 Å². The Morgan fingerprint density at radius 2 is 2.20 bits per heavy atom. The summed E-state index contributed by atoms with van der Waals surface area (Å²) < 4.78 is 1.86. The Hall–Kier alpha value is -0.870. The number of nitrogens with zero attached hydrogens (tertiary/aromatic N) is 3. The minimum Gasteiger partial charge on any atom is -0.309 e. The van der Waals surface area contributed by atoms with Gasteiger partial charge in [-0.05, 0) is 27.9 Å². The first-order valence-corrected chi connectivity index (χ1v) is 5.36. The van der Waals surface area contributed by atoms with E-state index in [1.165, 1.54) is 5.56 Å². The van der Waals surface area contributed by atoms with E-state index in [4.69, 9.17) is 0 Å². The Morgan fingerprint density at radius 1 is 1.53 bits per heavy atom. The van der Waals surface area contributed by atoms with Crippen molar-refractivity contribution in [2.45, 2.75) is 26.4 Å². The summed E-state index contributed by atoms with van der Waals surface area (Å²) in [7, 11) is 6.14. The summed E-state index contributed by atoms with van der Waals surface area (Å²) >= 11 is 0. The van der Waals surface area contributed by atoms with Gasteiger partial charge < -0.3 is 10.2 Å². The molecule has 4 nitrogen and oxygen atoms in total. The van der Waals surface area contributed by atoms with Gasteiger partial charge in [-0.2, -0.15) is 5.10 Å². The maximum Gasteiger partial charge on any atom is 0.0638 e. The fourth-order valence-corrected chi connectivity index (χ4v) is 1.72. The minimum absolute atomic E-state index is 0.500. The van der Waals surface area contributed by atoms with E-state index in [0.29, 0.717) is 6.04 Å². The summed E-state index contributed by atoms with van der Waals surface area (Å²) in [5.41, 5.74) is 2.39. The molecule has 1 rings (SSSR count). The lowest BCUT2D eigenvalue weighted by atomic mass is 10.2. The zero-order valence-corrected chi connectivity index (χ0v) is 10.4. The zero-order valence-electron chi connectivity index (χ0n) is 10.4. The zero-order chi connectivity index (χ0) is 11.4. The van der Waals surface area contributed by atoms with E-state index in [2.05, 4.69) is 42.5 Å². The van der Waals surface area contributed by atoms with Crippen molar-refractivity contribution < 1.29 is 0 Å². The highest BCUT2D eigenvalue weighted by atomic mass is 15.3.